The third kappa shape index (κ3) is 3.76. The number of rotatable bonds is 6. The molecule has 1 aromatic rings. The van der Waals surface area contributed by atoms with Crippen molar-refractivity contribution in [3.63, 3.8) is 0 Å². The van der Waals surface area contributed by atoms with Gasteiger partial charge in [-0.25, -0.2) is 13.1 Å². The number of hydrogen-bond acceptors (Lipinski definition) is 4. The lowest BCUT2D eigenvalue weighted by Crippen LogP contribution is -2.47. The van der Waals surface area contributed by atoms with Gasteiger partial charge in [0.05, 0.1) is 16.0 Å². The van der Waals surface area contributed by atoms with Crippen molar-refractivity contribution < 1.29 is 13.2 Å². The van der Waals surface area contributed by atoms with E-state index in [0.717, 1.165) is 18.4 Å². The van der Waals surface area contributed by atoms with Crippen LogP contribution in [-0.4, -0.2) is 32.7 Å². The summed E-state index contributed by atoms with van der Waals surface area (Å²) in [6.07, 6.45) is 2.07. The molecule has 1 saturated carbocycles. The monoisotopic (exact) mass is 314 g/mol. The summed E-state index contributed by atoms with van der Waals surface area (Å²) in [6, 6.07) is 6.56. The van der Waals surface area contributed by atoms with Crippen molar-refractivity contribution in [2.45, 2.75) is 36.3 Å². The minimum Gasteiger partial charge on any atom is -0.393 e. The fourth-order valence-corrected chi connectivity index (χ4v) is 3.56. The number of thiocarbonyl (C=S) groups is 1. The molecule has 110 valence electrons. The predicted octanol–water partition coefficient (Wildman–Crippen LogP) is 0.971. The van der Waals surface area contributed by atoms with Crippen molar-refractivity contribution in [1.29, 1.82) is 0 Å². The van der Waals surface area contributed by atoms with Crippen LogP contribution in [0.4, 0.5) is 0 Å². The van der Waals surface area contributed by atoms with E-state index in [9.17, 15) is 8.42 Å². The van der Waals surface area contributed by atoms with Crippen LogP contribution in [0.3, 0.4) is 0 Å². The van der Waals surface area contributed by atoms with Gasteiger partial charge in [0.25, 0.3) is 0 Å². The number of methoxy groups -OCH3 is 1. The Hall–Kier alpha value is -1.02. The van der Waals surface area contributed by atoms with E-state index in [1.54, 1.807) is 31.4 Å². The Morgan fingerprint density at radius 3 is 2.50 bits per heavy atom. The summed E-state index contributed by atoms with van der Waals surface area (Å²) >= 11 is 4.82. The molecule has 0 atom stereocenters. The fraction of sp³-hybridized carbons (Fsp3) is 0.462. The fourth-order valence-electron chi connectivity index (χ4n) is 2.13. The molecule has 0 bridgehead atoms. The zero-order chi connectivity index (χ0) is 14.8. The second kappa shape index (κ2) is 6.17. The normalized spacial score (nSPS) is 22.2. The highest BCUT2D eigenvalue weighted by molar-refractivity contribution is 7.89. The maximum Gasteiger partial charge on any atom is 0.240 e. The molecule has 1 aliphatic carbocycles. The molecule has 2 rings (SSSR count). The van der Waals surface area contributed by atoms with E-state index in [0.29, 0.717) is 11.4 Å². The molecule has 1 fully saturated rings. The van der Waals surface area contributed by atoms with Gasteiger partial charge in [0, 0.05) is 19.6 Å². The Bertz CT molecular complexity index is 578. The van der Waals surface area contributed by atoms with Gasteiger partial charge in [0.2, 0.25) is 10.0 Å². The van der Waals surface area contributed by atoms with Crippen LogP contribution in [0.2, 0.25) is 0 Å². The van der Waals surface area contributed by atoms with Gasteiger partial charge >= 0.3 is 0 Å². The first-order valence-electron chi connectivity index (χ1n) is 6.33. The van der Waals surface area contributed by atoms with Crippen LogP contribution >= 0.6 is 12.2 Å². The Balaban J connectivity index is 2.01. The highest BCUT2D eigenvalue weighted by Crippen LogP contribution is 2.24. The summed E-state index contributed by atoms with van der Waals surface area (Å²) in [5.41, 5.74) is 6.36. The number of benzene rings is 1. The standard InChI is InChI=1S/C13H18N2O3S2/c1-18-11-7-10(8-11)15-20(16,17)12-4-2-9(3-5-12)6-13(14)19/h2-5,10-11,15H,6-8H2,1H3,(H2,14,19). The highest BCUT2D eigenvalue weighted by Gasteiger charge is 2.32. The van der Waals surface area contributed by atoms with Crippen molar-refractivity contribution in [2.24, 2.45) is 5.73 Å². The molecule has 5 nitrogen and oxygen atoms in total. The molecule has 0 spiro atoms. The molecule has 0 aliphatic heterocycles. The summed E-state index contributed by atoms with van der Waals surface area (Å²) < 4.78 is 32.1. The largest absolute Gasteiger partial charge is 0.393 e. The second-order valence-electron chi connectivity index (χ2n) is 4.93. The molecule has 7 heteroatoms. The third-order valence-electron chi connectivity index (χ3n) is 3.36. The Morgan fingerprint density at radius 2 is 2.00 bits per heavy atom. The zero-order valence-corrected chi connectivity index (χ0v) is 12.8. The smallest absolute Gasteiger partial charge is 0.240 e. The van der Waals surface area contributed by atoms with Crippen molar-refractivity contribution in [3.05, 3.63) is 29.8 Å². The molecular formula is C13H18N2O3S2. The van der Waals surface area contributed by atoms with Crippen LogP contribution in [0.15, 0.2) is 29.2 Å². The molecule has 0 amide bonds. The minimum absolute atomic E-state index is 0.0405. The number of hydrogen-bond donors (Lipinski definition) is 2. The van der Waals surface area contributed by atoms with Gasteiger partial charge in [-0.3, -0.25) is 0 Å². The molecule has 20 heavy (non-hydrogen) atoms. The first-order valence-corrected chi connectivity index (χ1v) is 8.22. The van der Waals surface area contributed by atoms with Gasteiger partial charge < -0.3 is 10.5 Å². The van der Waals surface area contributed by atoms with E-state index in [2.05, 4.69) is 4.72 Å². The quantitative estimate of drug-likeness (QED) is 0.765. The van der Waals surface area contributed by atoms with Crippen LogP contribution in [0, 0.1) is 0 Å². The highest BCUT2D eigenvalue weighted by atomic mass is 32.2. The Kier molecular flexibility index (Phi) is 4.74. The summed E-state index contributed by atoms with van der Waals surface area (Å²) in [5.74, 6) is 0. The number of nitrogens with two attached hydrogens (primary N) is 1. The first kappa shape index (κ1) is 15.4. The summed E-state index contributed by atoms with van der Waals surface area (Å²) in [4.78, 5) is 0.642. The van der Waals surface area contributed by atoms with Crippen molar-refractivity contribution >= 4 is 27.2 Å². The maximum atomic E-state index is 12.2. The minimum atomic E-state index is -3.47. The topological polar surface area (TPSA) is 81.4 Å². The molecule has 3 N–H and O–H groups in total. The molecule has 0 heterocycles. The molecule has 0 saturated heterocycles. The van der Waals surface area contributed by atoms with Crippen molar-refractivity contribution in [3.8, 4) is 0 Å². The van der Waals surface area contributed by atoms with Gasteiger partial charge in [-0.2, -0.15) is 0 Å². The molecule has 0 aromatic heterocycles. The average Bonchev–Trinajstić information content (AvgIpc) is 2.33. The van der Waals surface area contributed by atoms with E-state index >= 15 is 0 Å². The second-order valence-corrected chi connectivity index (χ2v) is 7.17. The predicted molar refractivity (Wildman–Crippen MR) is 81.1 cm³/mol. The lowest BCUT2D eigenvalue weighted by Gasteiger charge is -2.34. The van der Waals surface area contributed by atoms with E-state index in [1.165, 1.54) is 0 Å². The molecule has 1 aliphatic rings. The van der Waals surface area contributed by atoms with Crippen LogP contribution in [0.5, 0.6) is 0 Å². The number of nitrogens with one attached hydrogen (secondary N) is 1. The van der Waals surface area contributed by atoms with Gasteiger partial charge in [-0.15, -0.1) is 0 Å². The maximum absolute atomic E-state index is 12.2. The SMILES string of the molecule is COC1CC(NS(=O)(=O)c2ccc(CC(N)=S)cc2)C1. The lowest BCUT2D eigenvalue weighted by molar-refractivity contribution is 0.0236. The Morgan fingerprint density at radius 1 is 1.40 bits per heavy atom. The number of ether oxygens (including phenoxy) is 1. The van der Waals surface area contributed by atoms with Crippen LogP contribution in [0.1, 0.15) is 18.4 Å². The van der Waals surface area contributed by atoms with Gasteiger partial charge in [0.1, 0.15) is 0 Å². The van der Waals surface area contributed by atoms with Crippen LogP contribution in [-0.2, 0) is 21.2 Å². The Labute approximate surface area is 124 Å². The first-order chi connectivity index (χ1) is 9.40. The van der Waals surface area contributed by atoms with E-state index in [-0.39, 0.29) is 17.0 Å². The average molecular weight is 314 g/mol. The zero-order valence-electron chi connectivity index (χ0n) is 11.2. The van der Waals surface area contributed by atoms with E-state index in [4.69, 9.17) is 22.7 Å². The summed E-state index contributed by atoms with van der Waals surface area (Å²) in [5, 5.41) is 0. The van der Waals surface area contributed by atoms with Gasteiger partial charge in [0.15, 0.2) is 0 Å². The van der Waals surface area contributed by atoms with Gasteiger partial charge in [-0.1, -0.05) is 24.4 Å². The summed E-state index contributed by atoms with van der Waals surface area (Å²) in [6.45, 7) is 0. The number of sulfonamides is 1. The molecule has 1 aromatic carbocycles. The molecular weight excluding hydrogens is 296 g/mol. The summed E-state index contributed by atoms with van der Waals surface area (Å²) in [7, 11) is -1.83. The molecule has 0 unspecified atom stereocenters. The van der Waals surface area contributed by atoms with E-state index < -0.39 is 10.0 Å². The van der Waals surface area contributed by atoms with Crippen molar-refractivity contribution in [2.75, 3.05) is 7.11 Å². The van der Waals surface area contributed by atoms with Gasteiger partial charge in [-0.05, 0) is 30.5 Å². The lowest BCUT2D eigenvalue weighted by atomic mass is 9.90. The van der Waals surface area contributed by atoms with E-state index in [1.807, 2.05) is 0 Å². The van der Waals surface area contributed by atoms with Crippen LogP contribution < -0.4 is 10.5 Å². The van der Waals surface area contributed by atoms with Crippen molar-refractivity contribution in [1.82, 2.24) is 4.72 Å². The van der Waals surface area contributed by atoms with Crippen LogP contribution in [0.25, 0.3) is 0 Å². The third-order valence-corrected chi connectivity index (χ3v) is 5.04. The molecule has 0 radical (unpaired) electrons.